The number of carbonyl (C=O) groups is 2. The van der Waals surface area contributed by atoms with E-state index in [1.165, 1.54) is 6.92 Å². The molecule has 246 valence electrons. The van der Waals surface area contributed by atoms with Crippen molar-refractivity contribution in [3.05, 3.63) is 0 Å². The molecule has 0 aromatic carbocycles. The maximum atomic E-state index is 11.7. The third-order valence-corrected chi connectivity index (χ3v) is 8.84. The van der Waals surface area contributed by atoms with E-state index in [0.717, 1.165) is 0 Å². The van der Waals surface area contributed by atoms with Gasteiger partial charge in [-0.05, 0) is 23.6 Å². The number of carbonyl (C=O) groups excluding carboxylic acids is 2. The summed E-state index contributed by atoms with van der Waals surface area (Å²) in [6.07, 6.45) is -23.3. The zero-order valence-electron chi connectivity index (χ0n) is 22.2. The molecular formula is C20H40N2O16P4. The molecule has 2 heterocycles. The summed E-state index contributed by atoms with van der Waals surface area (Å²) < 4.78 is 21.6. The summed E-state index contributed by atoms with van der Waals surface area (Å²) in [5, 5.41) is 107. The highest BCUT2D eigenvalue weighted by Gasteiger charge is 2.53. The van der Waals surface area contributed by atoms with Gasteiger partial charge in [0.1, 0.15) is 66.6 Å². The highest BCUT2D eigenvalue weighted by molar-refractivity contribution is 8.11. The SMILES string of the molecule is C[C@@]1(O)C(CNC(=O)PP)O[C@H](OCC2O[C@H](OCC(O)[C@@H](O)[C@H](O)C(O)C(=O)NPP)C(O)[C@@H](O)[C@@H]2O)C(O)[C@H]1O. The number of hydrogen-bond donors (Lipinski definition) is 12. The Morgan fingerprint density at radius 3 is 2.14 bits per heavy atom. The van der Waals surface area contributed by atoms with Gasteiger partial charge in [0.2, 0.25) is 5.65 Å². The van der Waals surface area contributed by atoms with Crippen molar-refractivity contribution >= 4 is 46.1 Å². The van der Waals surface area contributed by atoms with E-state index in [1.807, 2.05) is 0 Å². The molecule has 2 aliphatic heterocycles. The Kier molecular flexibility index (Phi) is 15.6. The zero-order valence-corrected chi connectivity index (χ0v) is 26.5. The fourth-order valence-electron chi connectivity index (χ4n) is 4.08. The van der Waals surface area contributed by atoms with E-state index in [1.54, 1.807) is 0 Å². The van der Waals surface area contributed by atoms with Crippen molar-refractivity contribution in [3.63, 3.8) is 0 Å². The van der Waals surface area contributed by atoms with Crippen molar-refractivity contribution in [1.29, 1.82) is 0 Å². The summed E-state index contributed by atoms with van der Waals surface area (Å²) >= 11 is 0. The molecule has 18 nitrogen and oxygen atoms in total. The van der Waals surface area contributed by atoms with Gasteiger partial charge in [0.15, 0.2) is 18.7 Å². The van der Waals surface area contributed by atoms with Gasteiger partial charge in [-0.3, -0.25) is 9.59 Å². The molecule has 42 heavy (non-hydrogen) atoms. The predicted octanol–water partition coefficient (Wildman–Crippen LogP) is -5.85. The third-order valence-electron chi connectivity index (χ3n) is 6.79. The van der Waals surface area contributed by atoms with Gasteiger partial charge in [0.25, 0.3) is 5.91 Å². The van der Waals surface area contributed by atoms with E-state index in [-0.39, 0.29) is 28.9 Å². The van der Waals surface area contributed by atoms with Crippen molar-refractivity contribution in [3.8, 4) is 0 Å². The number of aliphatic hydroxyl groups is 10. The quantitative estimate of drug-likeness (QED) is 0.0757. The number of amides is 2. The van der Waals surface area contributed by atoms with Crippen LogP contribution in [0.15, 0.2) is 0 Å². The molecule has 0 aliphatic carbocycles. The second-order valence-corrected chi connectivity index (χ2v) is 12.8. The molecule has 0 spiro atoms. The van der Waals surface area contributed by atoms with Crippen LogP contribution in [0.2, 0.25) is 0 Å². The minimum Gasteiger partial charge on any atom is -0.388 e. The molecule has 2 rings (SSSR count). The standard InChI is InChI=1S/C20H40N2O16P4/c1-20(34)7(2-21-19(33)41-39)38-18(14(30)15(20)31)36-4-6-9(25)11(27)13(29)17(37-6)35-3-5(23)8(24)10(26)12(28)16(32)22-42-40/h5-15,17-18,23-31,34,41-42H,2-4,39-40H2,1H3,(H,21,33)(H,22,32)/t5?,6?,7?,8-,9-,10+,11+,12?,13?,14?,15-,17+,18+,20-/m1/s1. The van der Waals surface area contributed by atoms with Crippen LogP contribution in [-0.2, 0) is 23.7 Å². The molecule has 0 bridgehead atoms. The first-order valence-corrected chi connectivity index (χ1v) is 18.1. The fraction of sp³-hybridized carbons (Fsp3) is 0.900. The molecule has 2 aliphatic rings. The smallest absolute Gasteiger partial charge is 0.254 e. The second-order valence-electron chi connectivity index (χ2n) is 9.82. The maximum absolute atomic E-state index is 11.7. The van der Waals surface area contributed by atoms with E-state index >= 15 is 0 Å². The largest absolute Gasteiger partial charge is 0.388 e. The highest BCUT2D eigenvalue weighted by atomic mass is 32.0. The molecule has 0 aromatic rings. The van der Waals surface area contributed by atoms with Crippen LogP contribution in [0.25, 0.3) is 0 Å². The summed E-state index contributed by atoms with van der Waals surface area (Å²) in [4.78, 5) is 23.3. The van der Waals surface area contributed by atoms with Crippen LogP contribution in [0.5, 0.6) is 0 Å². The van der Waals surface area contributed by atoms with E-state index in [9.17, 15) is 60.7 Å². The Bertz CT molecular complexity index is 882. The number of nitrogens with one attached hydrogen (secondary N) is 2. The molecule has 10 unspecified atom stereocenters. The van der Waals surface area contributed by atoms with Crippen LogP contribution in [0.3, 0.4) is 0 Å². The molecule has 18 atom stereocenters. The normalized spacial score (nSPS) is 38.8. The summed E-state index contributed by atoms with van der Waals surface area (Å²) in [7, 11) is 4.04. The molecule has 2 saturated heterocycles. The molecule has 2 amide bonds. The van der Waals surface area contributed by atoms with Gasteiger partial charge in [-0.15, -0.1) is 8.93 Å². The minimum atomic E-state index is -2.12. The van der Waals surface area contributed by atoms with Crippen molar-refractivity contribution < 1.29 is 79.6 Å². The topological polar surface area (TPSA) is 297 Å². The third kappa shape index (κ3) is 9.56. The number of aliphatic hydroxyl groups excluding tert-OH is 9. The Morgan fingerprint density at radius 1 is 0.929 bits per heavy atom. The summed E-state index contributed by atoms with van der Waals surface area (Å²) in [6, 6.07) is 0. The first-order chi connectivity index (χ1) is 19.6. The Hall–Kier alpha value is 0.1000. The average Bonchev–Trinajstić information content (AvgIpc) is 2.96. The van der Waals surface area contributed by atoms with Gasteiger partial charge in [-0.1, -0.05) is 8.93 Å². The van der Waals surface area contributed by atoms with Crippen molar-refractivity contribution in [2.24, 2.45) is 0 Å². The number of rotatable bonds is 14. The summed E-state index contributed by atoms with van der Waals surface area (Å²) in [5.74, 6) is -1.01. The average molecular weight is 688 g/mol. The van der Waals surface area contributed by atoms with Crippen LogP contribution in [-0.4, -0.2) is 168 Å². The number of ether oxygens (including phenoxy) is 4. The van der Waals surface area contributed by atoms with Crippen molar-refractivity contribution in [1.82, 2.24) is 10.4 Å². The number of hydrogen-bond acceptors (Lipinski definition) is 16. The maximum Gasteiger partial charge on any atom is 0.254 e. The molecule has 22 heteroatoms. The summed E-state index contributed by atoms with van der Waals surface area (Å²) in [5.41, 5.74) is -2.37. The van der Waals surface area contributed by atoms with Crippen LogP contribution in [0.1, 0.15) is 6.92 Å². The van der Waals surface area contributed by atoms with E-state index in [0.29, 0.717) is 0 Å². The monoisotopic (exact) mass is 688 g/mol. The zero-order chi connectivity index (χ0) is 31.9. The lowest BCUT2D eigenvalue weighted by Crippen LogP contribution is -2.67. The minimum absolute atomic E-state index is 0.181. The molecular weight excluding hydrogens is 648 g/mol. The van der Waals surface area contributed by atoms with Crippen LogP contribution in [0.4, 0.5) is 4.79 Å². The van der Waals surface area contributed by atoms with Crippen LogP contribution < -0.4 is 10.4 Å². The van der Waals surface area contributed by atoms with Crippen LogP contribution >= 0.6 is 34.5 Å². The van der Waals surface area contributed by atoms with Gasteiger partial charge in [-0.2, -0.15) is 0 Å². The van der Waals surface area contributed by atoms with Crippen LogP contribution in [0, 0.1) is 0 Å². The van der Waals surface area contributed by atoms with E-state index in [2.05, 4.69) is 28.3 Å². The Balaban J connectivity index is 2.00. The molecule has 0 radical (unpaired) electrons. The first kappa shape index (κ1) is 38.3. The Morgan fingerprint density at radius 2 is 1.55 bits per heavy atom. The van der Waals surface area contributed by atoms with Gasteiger partial charge >= 0.3 is 0 Å². The molecule has 12 N–H and O–H groups in total. The molecule has 0 saturated carbocycles. The van der Waals surface area contributed by atoms with Crippen molar-refractivity contribution in [2.75, 3.05) is 19.8 Å². The van der Waals surface area contributed by atoms with Gasteiger partial charge in [0, 0.05) is 6.54 Å². The molecule has 0 aromatic heterocycles. The lowest BCUT2D eigenvalue weighted by molar-refractivity contribution is -0.342. The lowest BCUT2D eigenvalue weighted by Gasteiger charge is -2.47. The van der Waals surface area contributed by atoms with Gasteiger partial charge in [0.05, 0.1) is 13.2 Å². The van der Waals surface area contributed by atoms with Crippen molar-refractivity contribution in [2.45, 2.75) is 92.2 Å². The summed E-state index contributed by atoms with van der Waals surface area (Å²) in [6.45, 7) is -0.529. The predicted molar refractivity (Wildman–Crippen MR) is 152 cm³/mol. The van der Waals surface area contributed by atoms with E-state index in [4.69, 9.17) is 18.9 Å². The first-order valence-electron chi connectivity index (χ1n) is 12.5. The lowest BCUT2D eigenvalue weighted by atomic mass is 9.85. The highest BCUT2D eigenvalue weighted by Crippen LogP contribution is 2.32. The van der Waals surface area contributed by atoms with Gasteiger partial charge in [-0.25, -0.2) is 0 Å². The second kappa shape index (κ2) is 17.1. The van der Waals surface area contributed by atoms with E-state index < -0.39 is 104 Å². The molecule has 2 fully saturated rings. The fourth-order valence-corrected chi connectivity index (χ4v) is 5.31. The Labute approximate surface area is 248 Å². The van der Waals surface area contributed by atoms with Gasteiger partial charge < -0.3 is 80.4 Å².